The average molecular weight is 254 g/mol. The van der Waals surface area contributed by atoms with Gasteiger partial charge in [0.2, 0.25) is 0 Å². The fourth-order valence-corrected chi connectivity index (χ4v) is 3.14. The SMILES string of the molecule is CC(SCC1CCCCO1)c1ccc(F)cc1. The third-order valence-corrected chi connectivity index (χ3v) is 4.48. The summed E-state index contributed by atoms with van der Waals surface area (Å²) in [5, 5.41) is 0.404. The molecule has 2 rings (SSSR count). The van der Waals surface area contributed by atoms with Gasteiger partial charge in [-0.05, 0) is 43.9 Å². The molecule has 0 saturated carbocycles. The normalized spacial score (nSPS) is 22.4. The molecule has 0 bridgehead atoms. The lowest BCUT2D eigenvalue weighted by Gasteiger charge is -2.23. The summed E-state index contributed by atoms with van der Waals surface area (Å²) in [5.41, 5.74) is 1.19. The van der Waals surface area contributed by atoms with Gasteiger partial charge in [0.05, 0.1) is 6.10 Å². The third kappa shape index (κ3) is 4.00. The maximum Gasteiger partial charge on any atom is 0.123 e. The molecule has 1 saturated heterocycles. The van der Waals surface area contributed by atoms with Gasteiger partial charge in [-0.2, -0.15) is 11.8 Å². The Morgan fingerprint density at radius 3 is 2.76 bits per heavy atom. The van der Waals surface area contributed by atoms with Crippen LogP contribution in [0.1, 0.15) is 37.0 Å². The van der Waals surface area contributed by atoms with E-state index < -0.39 is 0 Å². The van der Waals surface area contributed by atoms with E-state index in [2.05, 4.69) is 6.92 Å². The lowest BCUT2D eigenvalue weighted by atomic mass is 10.1. The number of hydrogen-bond acceptors (Lipinski definition) is 2. The molecule has 0 aromatic heterocycles. The molecule has 0 aliphatic carbocycles. The molecule has 1 fully saturated rings. The predicted molar refractivity (Wildman–Crippen MR) is 70.9 cm³/mol. The van der Waals surface area contributed by atoms with Gasteiger partial charge in [-0.1, -0.05) is 12.1 Å². The van der Waals surface area contributed by atoms with Crippen molar-refractivity contribution in [3.8, 4) is 0 Å². The second kappa shape index (κ2) is 6.41. The minimum absolute atomic E-state index is 0.165. The Hall–Kier alpha value is -0.540. The zero-order chi connectivity index (χ0) is 12.1. The van der Waals surface area contributed by atoms with E-state index in [0.29, 0.717) is 11.4 Å². The Balaban J connectivity index is 1.80. The molecular formula is C14H19FOS. The van der Waals surface area contributed by atoms with E-state index in [1.807, 2.05) is 23.9 Å². The van der Waals surface area contributed by atoms with Crippen LogP contribution in [-0.2, 0) is 4.74 Å². The van der Waals surface area contributed by atoms with Crippen LogP contribution in [0.4, 0.5) is 4.39 Å². The van der Waals surface area contributed by atoms with Gasteiger partial charge >= 0.3 is 0 Å². The van der Waals surface area contributed by atoms with Crippen molar-refractivity contribution in [2.45, 2.75) is 37.5 Å². The van der Waals surface area contributed by atoms with Crippen molar-refractivity contribution in [2.75, 3.05) is 12.4 Å². The van der Waals surface area contributed by atoms with Crippen LogP contribution in [0.15, 0.2) is 24.3 Å². The molecule has 1 aliphatic heterocycles. The van der Waals surface area contributed by atoms with Crippen molar-refractivity contribution in [3.05, 3.63) is 35.6 Å². The second-order valence-corrected chi connectivity index (χ2v) is 5.89. The van der Waals surface area contributed by atoms with Crippen LogP contribution >= 0.6 is 11.8 Å². The summed E-state index contributed by atoms with van der Waals surface area (Å²) in [6, 6.07) is 6.80. The van der Waals surface area contributed by atoms with Crippen molar-refractivity contribution >= 4 is 11.8 Å². The van der Waals surface area contributed by atoms with Crippen LogP contribution in [0.2, 0.25) is 0 Å². The number of rotatable bonds is 4. The molecule has 1 aliphatic rings. The molecule has 2 unspecified atom stereocenters. The zero-order valence-electron chi connectivity index (χ0n) is 10.2. The van der Waals surface area contributed by atoms with Crippen molar-refractivity contribution in [1.82, 2.24) is 0 Å². The zero-order valence-corrected chi connectivity index (χ0v) is 11.0. The van der Waals surface area contributed by atoms with E-state index >= 15 is 0 Å². The van der Waals surface area contributed by atoms with Gasteiger partial charge in [0, 0.05) is 17.6 Å². The molecule has 1 heterocycles. The number of ether oxygens (including phenoxy) is 1. The largest absolute Gasteiger partial charge is 0.377 e. The summed E-state index contributed by atoms with van der Waals surface area (Å²) in [5.74, 6) is 0.875. The van der Waals surface area contributed by atoms with E-state index in [1.54, 1.807) is 0 Å². The first-order valence-corrected chi connectivity index (χ1v) is 7.29. The number of halogens is 1. The smallest absolute Gasteiger partial charge is 0.123 e. The second-order valence-electron chi connectivity index (χ2n) is 4.52. The van der Waals surface area contributed by atoms with E-state index in [0.717, 1.165) is 12.4 Å². The Bertz CT molecular complexity index is 333. The van der Waals surface area contributed by atoms with Crippen LogP contribution in [0.25, 0.3) is 0 Å². The fourth-order valence-electron chi connectivity index (χ4n) is 2.02. The van der Waals surface area contributed by atoms with E-state index in [9.17, 15) is 4.39 Å². The first-order valence-electron chi connectivity index (χ1n) is 6.24. The van der Waals surface area contributed by atoms with Crippen LogP contribution in [0, 0.1) is 5.82 Å². The van der Waals surface area contributed by atoms with E-state index in [-0.39, 0.29) is 5.82 Å². The monoisotopic (exact) mass is 254 g/mol. The van der Waals surface area contributed by atoms with E-state index in [1.165, 1.54) is 37.0 Å². The molecule has 2 atom stereocenters. The molecule has 94 valence electrons. The van der Waals surface area contributed by atoms with Crippen molar-refractivity contribution in [1.29, 1.82) is 0 Å². The number of hydrogen-bond donors (Lipinski definition) is 0. The Labute approximate surface area is 107 Å². The minimum atomic E-state index is -0.165. The van der Waals surface area contributed by atoms with E-state index in [4.69, 9.17) is 4.74 Å². The molecule has 3 heteroatoms. The maximum absolute atomic E-state index is 12.8. The predicted octanol–water partition coefficient (Wildman–Crippen LogP) is 4.19. The Morgan fingerprint density at radius 1 is 1.35 bits per heavy atom. The van der Waals surface area contributed by atoms with Crippen LogP contribution < -0.4 is 0 Å². The summed E-state index contributed by atoms with van der Waals surface area (Å²) in [7, 11) is 0. The number of thioether (sulfide) groups is 1. The highest BCUT2D eigenvalue weighted by Crippen LogP contribution is 2.30. The molecule has 0 spiro atoms. The molecule has 1 aromatic carbocycles. The summed E-state index contributed by atoms with van der Waals surface area (Å²) >= 11 is 1.89. The standard InChI is InChI=1S/C14H19FOS/c1-11(12-5-7-13(15)8-6-12)17-10-14-4-2-3-9-16-14/h5-8,11,14H,2-4,9-10H2,1H3. The first kappa shape index (κ1) is 12.9. The summed E-state index contributed by atoms with van der Waals surface area (Å²) in [6.07, 6.45) is 4.09. The highest BCUT2D eigenvalue weighted by atomic mass is 32.2. The number of benzene rings is 1. The molecular weight excluding hydrogens is 235 g/mol. The molecule has 0 radical (unpaired) electrons. The molecule has 17 heavy (non-hydrogen) atoms. The van der Waals surface area contributed by atoms with Crippen LogP contribution in [0.5, 0.6) is 0 Å². The topological polar surface area (TPSA) is 9.23 Å². The average Bonchev–Trinajstić information content (AvgIpc) is 2.38. The first-order chi connectivity index (χ1) is 8.25. The highest BCUT2D eigenvalue weighted by molar-refractivity contribution is 7.99. The van der Waals surface area contributed by atoms with Gasteiger partial charge in [-0.15, -0.1) is 0 Å². The molecule has 1 aromatic rings. The van der Waals surface area contributed by atoms with Gasteiger partial charge in [0.25, 0.3) is 0 Å². The van der Waals surface area contributed by atoms with Crippen LogP contribution in [0.3, 0.4) is 0 Å². The van der Waals surface area contributed by atoms with Crippen molar-refractivity contribution in [2.24, 2.45) is 0 Å². The molecule has 0 N–H and O–H groups in total. The summed E-state index contributed by atoms with van der Waals surface area (Å²) in [4.78, 5) is 0. The van der Waals surface area contributed by atoms with Gasteiger partial charge < -0.3 is 4.74 Å². The van der Waals surface area contributed by atoms with Gasteiger partial charge in [-0.25, -0.2) is 4.39 Å². The highest BCUT2D eigenvalue weighted by Gasteiger charge is 2.15. The summed E-state index contributed by atoms with van der Waals surface area (Å²) in [6.45, 7) is 3.08. The Kier molecular flexibility index (Phi) is 4.86. The van der Waals surface area contributed by atoms with Crippen molar-refractivity contribution < 1.29 is 9.13 Å². The summed E-state index contributed by atoms with van der Waals surface area (Å²) < 4.78 is 18.5. The van der Waals surface area contributed by atoms with Crippen LogP contribution in [-0.4, -0.2) is 18.5 Å². The fraction of sp³-hybridized carbons (Fsp3) is 0.571. The Morgan fingerprint density at radius 2 is 2.12 bits per heavy atom. The van der Waals surface area contributed by atoms with Gasteiger partial charge in [-0.3, -0.25) is 0 Å². The lowest BCUT2D eigenvalue weighted by molar-refractivity contribution is 0.0315. The minimum Gasteiger partial charge on any atom is -0.377 e. The molecule has 0 amide bonds. The molecule has 1 nitrogen and oxygen atoms in total. The van der Waals surface area contributed by atoms with Gasteiger partial charge in [0.15, 0.2) is 0 Å². The van der Waals surface area contributed by atoms with Crippen molar-refractivity contribution in [3.63, 3.8) is 0 Å². The lowest BCUT2D eigenvalue weighted by Crippen LogP contribution is -2.21. The maximum atomic E-state index is 12.8. The third-order valence-electron chi connectivity index (χ3n) is 3.15. The quantitative estimate of drug-likeness (QED) is 0.797. The van der Waals surface area contributed by atoms with Gasteiger partial charge in [0.1, 0.15) is 5.82 Å².